The third kappa shape index (κ3) is 5.79. The highest BCUT2D eigenvalue weighted by Crippen LogP contribution is 2.08. The van der Waals surface area contributed by atoms with Gasteiger partial charge >= 0.3 is 0 Å². The van der Waals surface area contributed by atoms with Crippen LogP contribution >= 0.6 is 0 Å². The predicted molar refractivity (Wildman–Crippen MR) is 68.5 cm³/mol. The normalized spacial score (nSPS) is 12.5. The van der Waals surface area contributed by atoms with Gasteiger partial charge in [-0.1, -0.05) is 13.8 Å². The maximum absolute atomic E-state index is 12.9. The van der Waals surface area contributed by atoms with E-state index in [9.17, 15) is 13.6 Å². The van der Waals surface area contributed by atoms with Gasteiger partial charge in [-0.3, -0.25) is 4.79 Å². The predicted octanol–water partition coefficient (Wildman–Crippen LogP) is 2.64. The Hall–Kier alpha value is -1.49. The third-order valence-corrected chi connectivity index (χ3v) is 2.44. The Labute approximate surface area is 112 Å². The fraction of sp³-hybridized carbons (Fsp3) is 0.500. The number of ether oxygens (including phenoxy) is 1. The summed E-state index contributed by atoms with van der Waals surface area (Å²) in [5.41, 5.74) is 0.377. The average molecular weight is 271 g/mol. The van der Waals surface area contributed by atoms with Crippen molar-refractivity contribution < 1.29 is 18.3 Å². The van der Waals surface area contributed by atoms with Gasteiger partial charge in [0.2, 0.25) is 5.91 Å². The SMILES string of the molecule is CC(C)CO[C@H](C)C(=O)NCc1cc(F)cc(F)c1. The van der Waals surface area contributed by atoms with Gasteiger partial charge in [-0.2, -0.15) is 0 Å². The maximum atomic E-state index is 12.9. The molecule has 3 nitrogen and oxygen atoms in total. The zero-order valence-corrected chi connectivity index (χ0v) is 11.4. The fourth-order valence-electron chi connectivity index (χ4n) is 1.46. The monoisotopic (exact) mass is 271 g/mol. The summed E-state index contributed by atoms with van der Waals surface area (Å²) in [7, 11) is 0. The molecule has 1 atom stereocenters. The van der Waals surface area contributed by atoms with Crippen molar-refractivity contribution in [2.45, 2.75) is 33.4 Å². The minimum atomic E-state index is -0.659. The summed E-state index contributed by atoms with van der Waals surface area (Å²) in [5.74, 6) is -1.28. The summed E-state index contributed by atoms with van der Waals surface area (Å²) < 4.78 is 31.2. The van der Waals surface area contributed by atoms with Gasteiger partial charge in [0.05, 0.1) is 0 Å². The molecule has 1 amide bonds. The van der Waals surface area contributed by atoms with Crippen LogP contribution in [0.1, 0.15) is 26.3 Å². The molecule has 0 saturated carbocycles. The fourth-order valence-corrected chi connectivity index (χ4v) is 1.46. The van der Waals surface area contributed by atoms with Crippen LogP contribution in [0.3, 0.4) is 0 Å². The minimum absolute atomic E-state index is 0.0723. The minimum Gasteiger partial charge on any atom is -0.368 e. The third-order valence-electron chi connectivity index (χ3n) is 2.44. The second-order valence-electron chi connectivity index (χ2n) is 4.86. The molecule has 0 aromatic heterocycles. The van der Waals surface area contributed by atoms with Crippen molar-refractivity contribution in [1.29, 1.82) is 0 Å². The number of hydrogen-bond acceptors (Lipinski definition) is 2. The highest BCUT2D eigenvalue weighted by molar-refractivity contribution is 5.80. The lowest BCUT2D eigenvalue weighted by molar-refractivity contribution is -0.132. The molecule has 0 fully saturated rings. The van der Waals surface area contributed by atoms with E-state index >= 15 is 0 Å². The molecule has 0 bridgehead atoms. The summed E-state index contributed by atoms with van der Waals surface area (Å²) >= 11 is 0. The second kappa shape index (κ2) is 7.19. The van der Waals surface area contributed by atoms with E-state index in [1.165, 1.54) is 12.1 Å². The first-order chi connectivity index (χ1) is 8.88. The van der Waals surface area contributed by atoms with E-state index < -0.39 is 17.7 Å². The number of benzene rings is 1. The number of amides is 1. The lowest BCUT2D eigenvalue weighted by Crippen LogP contribution is -2.34. The number of nitrogens with one attached hydrogen (secondary N) is 1. The van der Waals surface area contributed by atoms with E-state index in [4.69, 9.17) is 4.74 Å². The number of carbonyl (C=O) groups is 1. The topological polar surface area (TPSA) is 38.3 Å². The molecular formula is C14H19F2NO2. The lowest BCUT2D eigenvalue weighted by atomic mass is 10.2. The standard InChI is InChI=1S/C14H19F2NO2/c1-9(2)8-19-10(3)14(18)17-7-11-4-12(15)6-13(16)5-11/h4-6,9-10H,7-8H2,1-3H3,(H,17,18)/t10-/m1/s1. The van der Waals surface area contributed by atoms with E-state index in [1.807, 2.05) is 13.8 Å². The van der Waals surface area contributed by atoms with Crippen molar-refractivity contribution in [3.05, 3.63) is 35.4 Å². The Kier molecular flexibility index (Phi) is 5.89. The van der Waals surface area contributed by atoms with E-state index in [1.54, 1.807) is 6.92 Å². The number of halogens is 2. The molecule has 0 heterocycles. The first-order valence-corrected chi connectivity index (χ1v) is 6.22. The molecule has 0 spiro atoms. The van der Waals surface area contributed by atoms with Crippen LogP contribution in [0.25, 0.3) is 0 Å². The van der Waals surface area contributed by atoms with Gasteiger partial charge in [0.15, 0.2) is 0 Å². The Bertz CT molecular complexity index is 415. The maximum Gasteiger partial charge on any atom is 0.249 e. The van der Waals surface area contributed by atoms with E-state index in [-0.39, 0.29) is 12.5 Å². The van der Waals surface area contributed by atoms with Crippen LogP contribution in [0.2, 0.25) is 0 Å². The molecule has 5 heteroatoms. The van der Waals surface area contributed by atoms with Crippen LogP contribution < -0.4 is 5.32 Å². The zero-order chi connectivity index (χ0) is 14.4. The molecule has 1 aromatic carbocycles. The largest absolute Gasteiger partial charge is 0.368 e. The molecule has 1 rings (SSSR count). The van der Waals surface area contributed by atoms with Gasteiger partial charge in [-0.05, 0) is 30.5 Å². The van der Waals surface area contributed by atoms with Crippen molar-refractivity contribution in [2.24, 2.45) is 5.92 Å². The van der Waals surface area contributed by atoms with Gasteiger partial charge in [0.25, 0.3) is 0 Å². The first-order valence-electron chi connectivity index (χ1n) is 6.22. The summed E-state index contributed by atoms with van der Waals surface area (Å²) in [6, 6.07) is 3.16. The molecule has 1 N–H and O–H groups in total. The Balaban J connectivity index is 2.45. The van der Waals surface area contributed by atoms with Crippen molar-refractivity contribution in [3.63, 3.8) is 0 Å². The first kappa shape index (κ1) is 15.6. The van der Waals surface area contributed by atoms with E-state index in [0.29, 0.717) is 18.1 Å². The van der Waals surface area contributed by atoms with Crippen LogP contribution in [0, 0.1) is 17.6 Å². The number of hydrogen-bond donors (Lipinski definition) is 1. The molecular weight excluding hydrogens is 252 g/mol. The van der Waals surface area contributed by atoms with Crippen LogP contribution in [0.15, 0.2) is 18.2 Å². The van der Waals surface area contributed by atoms with Crippen molar-refractivity contribution in [3.8, 4) is 0 Å². The molecule has 1 aromatic rings. The molecule has 0 aliphatic heterocycles. The van der Waals surface area contributed by atoms with Crippen molar-refractivity contribution in [1.82, 2.24) is 5.32 Å². The molecule has 19 heavy (non-hydrogen) atoms. The molecule has 0 saturated heterocycles. The average Bonchev–Trinajstić information content (AvgIpc) is 2.31. The summed E-state index contributed by atoms with van der Waals surface area (Å²) in [6.07, 6.45) is -0.583. The van der Waals surface area contributed by atoms with Crippen LogP contribution in [0.5, 0.6) is 0 Å². The molecule has 0 aliphatic carbocycles. The van der Waals surface area contributed by atoms with Gasteiger partial charge in [-0.15, -0.1) is 0 Å². The number of rotatable bonds is 6. The van der Waals surface area contributed by atoms with E-state index in [2.05, 4.69) is 5.32 Å². The molecule has 106 valence electrons. The highest BCUT2D eigenvalue weighted by Gasteiger charge is 2.13. The highest BCUT2D eigenvalue weighted by atomic mass is 19.1. The quantitative estimate of drug-likeness (QED) is 0.863. The lowest BCUT2D eigenvalue weighted by Gasteiger charge is -2.14. The summed E-state index contributed by atoms with van der Waals surface area (Å²) in [4.78, 5) is 11.7. The van der Waals surface area contributed by atoms with E-state index in [0.717, 1.165) is 6.07 Å². The zero-order valence-electron chi connectivity index (χ0n) is 11.4. The Morgan fingerprint density at radius 3 is 2.32 bits per heavy atom. The van der Waals surface area contributed by atoms with Crippen LogP contribution in [-0.4, -0.2) is 18.6 Å². The summed E-state index contributed by atoms with van der Waals surface area (Å²) in [5, 5.41) is 2.58. The molecule has 0 aliphatic rings. The second-order valence-corrected chi connectivity index (χ2v) is 4.86. The number of carbonyl (C=O) groups excluding carboxylic acids is 1. The van der Waals surface area contributed by atoms with Gasteiger partial charge in [-0.25, -0.2) is 8.78 Å². The Morgan fingerprint density at radius 2 is 1.79 bits per heavy atom. The van der Waals surface area contributed by atoms with Gasteiger partial charge in [0, 0.05) is 19.2 Å². The van der Waals surface area contributed by atoms with Crippen molar-refractivity contribution >= 4 is 5.91 Å². The van der Waals surface area contributed by atoms with Gasteiger partial charge < -0.3 is 10.1 Å². The molecule has 0 unspecified atom stereocenters. The van der Waals surface area contributed by atoms with Gasteiger partial charge in [0.1, 0.15) is 17.7 Å². The van der Waals surface area contributed by atoms with Crippen LogP contribution in [0.4, 0.5) is 8.78 Å². The molecule has 0 radical (unpaired) electrons. The Morgan fingerprint density at radius 1 is 1.21 bits per heavy atom. The van der Waals surface area contributed by atoms with Crippen LogP contribution in [-0.2, 0) is 16.1 Å². The van der Waals surface area contributed by atoms with Crippen molar-refractivity contribution in [2.75, 3.05) is 6.61 Å². The summed E-state index contributed by atoms with van der Waals surface area (Å²) in [6.45, 7) is 6.18. The smallest absolute Gasteiger partial charge is 0.249 e.